The standard InChI is InChI=1S/C14H22N4O2.HI/c1-2-3-4-5-9-16-14(15)17-11-12-7-6-8-13(10-12)18(19)20;/h6-8,10H,2-5,9,11H2,1H3,(H3,15,16,17);1H. The van der Waals surface area contributed by atoms with Crippen LogP contribution in [0, 0.1) is 10.1 Å². The summed E-state index contributed by atoms with van der Waals surface area (Å²) in [7, 11) is 0. The van der Waals surface area contributed by atoms with Crippen molar-refractivity contribution in [3.8, 4) is 0 Å². The van der Waals surface area contributed by atoms with Crippen LogP contribution in [0.1, 0.15) is 38.2 Å². The Labute approximate surface area is 142 Å². The Kier molecular flexibility index (Phi) is 10.6. The van der Waals surface area contributed by atoms with Crippen molar-refractivity contribution in [3.05, 3.63) is 39.9 Å². The lowest BCUT2D eigenvalue weighted by Crippen LogP contribution is -2.32. The molecule has 21 heavy (non-hydrogen) atoms. The molecule has 0 aliphatic rings. The van der Waals surface area contributed by atoms with Crippen molar-refractivity contribution in [2.45, 2.75) is 39.2 Å². The Morgan fingerprint density at radius 2 is 2.14 bits per heavy atom. The fourth-order valence-electron chi connectivity index (χ4n) is 1.77. The van der Waals surface area contributed by atoms with Crippen LogP contribution < -0.4 is 11.1 Å². The molecular formula is C14H23IN4O2. The molecule has 118 valence electrons. The minimum atomic E-state index is -0.414. The maximum absolute atomic E-state index is 10.7. The number of benzene rings is 1. The Morgan fingerprint density at radius 3 is 2.81 bits per heavy atom. The average Bonchev–Trinajstić information content (AvgIpc) is 2.45. The fraction of sp³-hybridized carbons (Fsp3) is 0.500. The highest BCUT2D eigenvalue weighted by Crippen LogP contribution is 2.13. The van der Waals surface area contributed by atoms with E-state index in [2.05, 4.69) is 17.2 Å². The van der Waals surface area contributed by atoms with E-state index in [0.717, 1.165) is 18.5 Å². The van der Waals surface area contributed by atoms with Crippen molar-refractivity contribution in [2.24, 2.45) is 10.7 Å². The Bertz CT molecular complexity index is 466. The van der Waals surface area contributed by atoms with Crippen LogP contribution in [-0.4, -0.2) is 17.4 Å². The number of aliphatic imine (C=N–C) groups is 1. The molecule has 0 fully saturated rings. The topological polar surface area (TPSA) is 93.5 Å². The van der Waals surface area contributed by atoms with Crippen molar-refractivity contribution in [2.75, 3.05) is 6.54 Å². The van der Waals surface area contributed by atoms with E-state index in [-0.39, 0.29) is 29.7 Å². The third kappa shape index (κ3) is 8.49. The number of halogens is 1. The van der Waals surface area contributed by atoms with Gasteiger partial charge in [-0.3, -0.25) is 10.1 Å². The summed E-state index contributed by atoms with van der Waals surface area (Å²) in [6.45, 7) is 3.32. The van der Waals surface area contributed by atoms with Gasteiger partial charge < -0.3 is 11.1 Å². The van der Waals surface area contributed by atoms with E-state index >= 15 is 0 Å². The van der Waals surface area contributed by atoms with Gasteiger partial charge in [0.15, 0.2) is 5.96 Å². The van der Waals surface area contributed by atoms with Crippen molar-refractivity contribution < 1.29 is 4.92 Å². The summed E-state index contributed by atoms with van der Waals surface area (Å²) in [6, 6.07) is 6.42. The number of nitro benzene ring substituents is 1. The Balaban J connectivity index is 0.00000400. The molecule has 0 atom stereocenters. The zero-order valence-corrected chi connectivity index (χ0v) is 14.6. The van der Waals surface area contributed by atoms with Gasteiger partial charge in [0.1, 0.15) is 0 Å². The van der Waals surface area contributed by atoms with Crippen LogP contribution in [0.4, 0.5) is 5.69 Å². The molecular weight excluding hydrogens is 383 g/mol. The largest absolute Gasteiger partial charge is 0.370 e. The summed E-state index contributed by atoms with van der Waals surface area (Å²) in [5.41, 5.74) is 6.59. The molecule has 1 aromatic carbocycles. The molecule has 0 spiro atoms. The van der Waals surface area contributed by atoms with Crippen molar-refractivity contribution >= 4 is 35.6 Å². The SMILES string of the molecule is CCCCCCNC(N)=NCc1cccc([N+](=O)[O-])c1.I. The van der Waals surface area contributed by atoms with Crippen LogP contribution in [0.15, 0.2) is 29.3 Å². The van der Waals surface area contributed by atoms with Gasteiger partial charge in [0, 0.05) is 18.7 Å². The molecule has 0 aromatic heterocycles. The molecule has 0 heterocycles. The number of hydrogen-bond acceptors (Lipinski definition) is 3. The van der Waals surface area contributed by atoms with Crippen LogP contribution >= 0.6 is 24.0 Å². The molecule has 3 N–H and O–H groups in total. The molecule has 1 rings (SSSR count). The quantitative estimate of drug-likeness (QED) is 0.173. The summed E-state index contributed by atoms with van der Waals surface area (Å²) in [5, 5.41) is 13.7. The van der Waals surface area contributed by atoms with Gasteiger partial charge in [-0.05, 0) is 12.0 Å². The Morgan fingerprint density at radius 1 is 1.38 bits per heavy atom. The second-order valence-corrected chi connectivity index (χ2v) is 4.62. The zero-order valence-electron chi connectivity index (χ0n) is 12.2. The van der Waals surface area contributed by atoms with Gasteiger partial charge in [-0.15, -0.1) is 24.0 Å². The predicted octanol–water partition coefficient (Wildman–Crippen LogP) is 3.20. The number of nitro groups is 1. The first-order valence-corrected chi connectivity index (χ1v) is 6.90. The molecule has 0 bridgehead atoms. The molecule has 0 amide bonds. The molecule has 6 nitrogen and oxygen atoms in total. The monoisotopic (exact) mass is 406 g/mol. The highest BCUT2D eigenvalue weighted by molar-refractivity contribution is 14.0. The smallest absolute Gasteiger partial charge is 0.269 e. The first-order valence-electron chi connectivity index (χ1n) is 6.90. The lowest BCUT2D eigenvalue weighted by Gasteiger charge is -2.05. The maximum atomic E-state index is 10.7. The fourth-order valence-corrected chi connectivity index (χ4v) is 1.77. The molecule has 0 saturated heterocycles. The highest BCUT2D eigenvalue weighted by atomic mass is 127. The number of non-ortho nitro benzene ring substituents is 1. The molecule has 7 heteroatoms. The van der Waals surface area contributed by atoms with E-state index in [0.29, 0.717) is 12.5 Å². The van der Waals surface area contributed by atoms with Gasteiger partial charge in [-0.2, -0.15) is 0 Å². The molecule has 1 aromatic rings. The summed E-state index contributed by atoms with van der Waals surface area (Å²) in [4.78, 5) is 14.4. The van der Waals surface area contributed by atoms with Gasteiger partial charge in [0.2, 0.25) is 0 Å². The second kappa shape index (κ2) is 11.3. The van der Waals surface area contributed by atoms with E-state index in [1.54, 1.807) is 12.1 Å². The highest BCUT2D eigenvalue weighted by Gasteiger charge is 2.04. The number of nitrogens with one attached hydrogen (secondary N) is 1. The number of hydrogen-bond donors (Lipinski definition) is 2. The lowest BCUT2D eigenvalue weighted by atomic mass is 10.2. The molecule has 0 aliphatic heterocycles. The lowest BCUT2D eigenvalue weighted by molar-refractivity contribution is -0.384. The Hall–Kier alpha value is -1.38. The van der Waals surface area contributed by atoms with E-state index in [4.69, 9.17) is 5.73 Å². The van der Waals surface area contributed by atoms with Crippen LogP contribution in [0.2, 0.25) is 0 Å². The first kappa shape index (κ1) is 19.6. The summed E-state index contributed by atoms with van der Waals surface area (Å²) in [5.74, 6) is 0.382. The van der Waals surface area contributed by atoms with Gasteiger partial charge in [0.05, 0.1) is 11.5 Å². The number of nitrogens with two attached hydrogens (primary N) is 1. The molecule has 0 unspecified atom stereocenters. The predicted molar refractivity (Wildman–Crippen MR) is 96.0 cm³/mol. The van der Waals surface area contributed by atoms with Gasteiger partial charge in [-0.1, -0.05) is 38.3 Å². The number of unbranched alkanes of at least 4 members (excludes halogenated alkanes) is 3. The number of nitrogens with zero attached hydrogens (tertiary/aromatic N) is 2. The third-order valence-electron chi connectivity index (χ3n) is 2.89. The summed E-state index contributed by atoms with van der Waals surface area (Å²) < 4.78 is 0. The average molecular weight is 406 g/mol. The van der Waals surface area contributed by atoms with Crippen molar-refractivity contribution in [3.63, 3.8) is 0 Å². The van der Waals surface area contributed by atoms with E-state index < -0.39 is 4.92 Å². The molecule has 0 aliphatic carbocycles. The molecule has 0 radical (unpaired) electrons. The summed E-state index contributed by atoms with van der Waals surface area (Å²) in [6.07, 6.45) is 4.69. The number of guanidine groups is 1. The first-order chi connectivity index (χ1) is 9.63. The van der Waals surface area contributed by atoms with Crippen LogP contribution in [0.5, 0.6) is 0 Å². The van der Waals surface area contributed by atoms with E-state index in [9.17, 15) is 10.1 Å². The van der Waals surface area contributed by atoms with Crippen molar-refractivity contribution in [1.82, 2.24) is 5.32 Å². The van der Waals surface area contributed by atoms with E-state index in [1.165, 1.54) is 31.4 Å². The van der Waals surface area contributed by atoms with Gasteiger partial charge in [-0.25, -0.2) is 4.99 Å². The van der Waals surface area contributed by atoms with E-state index in [1.807, 2.05) is 0 Å². The third-order valence-corrected chi connectivity index (χ3v) is 2.89. The van der Waals surface area contributed by atoms with Gasteiger partial charge >= 0.3 is 0 Å². The second-order valence-electron chi connectivity index (χ2n) is 4.62. The normalized spacial score (nSPS) is 10.8. The van der Waals surface area contributed by atoms with Crippen molar-refractivity contribution in [1.29, 1.82) is 0 Å². The number of rotatable bonds is 8. The molecule has 0 saturated carbocycles. The van der Waals surface area contributed by atoms with Crippen LogP contribution in [0.3, 0.4) is 0 Å². The summed E-state index contributed by atoms with van der Waals surface area (Å²) >= 11 is 0. The van der Waals surface area contributed by atoms with Crippen LogP contribution in [0.25, 0.3) is 0 Å². The van der Waals surface area contributed by atoms with Crippen LogP contribution in [-0.2, 0) is 6.54 Å². The van der Waals surface area contributed by atoms with Gasteiger partial charge in [0.25, 0.3) is 5.69 Å². The zero-order chi connectivity index (χ0) is 14.8. The maximum Gasteiger partial charge on any atom is 0.269 e. The minimum absolute atomic E-state index is 0. The minimum Gasteiger partial charge on any atom is -0.370 e.